The summed E-state index contributed by atoms with van der Waals surface area (Å²) in [6, 6.07) is 26.9. The van der Waals surface area contributed by atoms with Crippen LogP contribution in [0.3, 0.4) is 0 Å². The molecule has 0 radical (unpaired) electrons. The second kappa shape index (κ2) is 9.68. The first-order chi connectivity index (χ1) is 14.7. The zero-order valence-electron chi connectivity index (χ0n) is 16.8. The van der Waals surface area contributed by atoms with Crippen LogP contribution in [0.4, 0.5) is 0 Å². The van der Waals surface area contributed by atoms with Crippen LogP contribution in [0.5, 0.6) is 0 Å². The third-order valence-corrected chi connectivity index (χ3v) is 5.38. The fraction of sp³-hybridized carbons (Fsp3) is 0.185. The quantitative estimate of drug-likeness (QED) is 0.561. The first-order valence-electron chi connectivity index (χ1n) is 10.3. The number of aliphatic hydroxyl groups is 2. The molecule has 0 aromatic heterocycles. The van der Waals surface area contributed by atoms with Crippen LogP contribution < -0.4 is 0 Å². The summed E-state index contributed by atoms with van der Waals surface area (Å²) in [5, 5.41) is 19.1. The SMILES string of the molecule is OCC1OC(c2ccc(/C=C/c3ccc(/C=C/c4ccccc4)cc3)cc2)CC1O. The Morgan fingerprint density at radius 1 is 0.700 bits per heavy atom. The molecule has 1 aliphatic rings. The van der Waals surface area contributed by atoms with Crippen molar-refractivity contribution < 1.29 is 14.9 Å². The molecule has 30 heavy (non-hydrogen) atoms. The number of aliphatic hydroxyl groups excluding tert-OH is 2. The second-order valence-electron chi connectivity index (χ2n) is 7.56. The number of ether oxygens (including phenoxy) is 1. The molecule has 0 amide bonds. The van der Waals surface area contributed by atoms with Gasteiger partial charge < -0.3 is 14.9 Å². The molecule has 0 spiro atoms. The van der Waals surface area contributed by atoms with Gasteiger partial charge in [0.15, 0.2) is 0 Å². The van der Waals surface area contributed by atoms with Crippen LogP contribution >= 0.6 is 0 Å². The Morgan fingerprint density at radius 2 is 1.17 bits per heavy atom. The molecular formula is C27H26O3. The van der Waals surface area contributed by atoms with Gasteiger partial charge in [-0.3, -0.25) is 0 Å². The topological polar surface area (TPSA) is 49.7 Å². The molecule has 1 aliphatic heterocycles. The van der Waals surface area contributed by atoms with Crippen molar-refractivity contribution in [3.8, 4) is 0 Å². The monoisotopic (exact) mass is 398 g/mol. The van der Waals surface area contributed by atoms with E-state index in [9.17, 15) is 10.2 Å². The molecular weight excluding hydrogens is 372 g/mol. The van der Waals surface area contributed by atoms with Crippen molar-refractivity contribution in [2.45, 2.75) is 24.7 Å². The number of hydrogen-bond donors (Lipinski definition) is 2. The Morgan fingerprint density at radius 3 is 1.63 bits per heavy atom. The number of rotatable bonds is 6. The average molecular weight is 399 g/mol. The van der Waals surface area contributed by atoms with Crippen molar-refractivity contribution in [1.82, 2.24) is 0 Å². The van der Waals surface area contributed by atoms with Crippen LogP contribution in [0.25, 0.3) is 24.3 Å². The first kappa shape index (κ1) is 20.3. The molecule has 1 saturated heterocycles. The summed E-state index contributed by atoms with van der Waals surface area (Å²) in [5.41, 5.74) is 5.62. The first-order valence-corrected chi connectivity index (χ1v) is 10.3. The average Bonchev–Trinajstić information content (AvgIpc) is 3.18. The number of hydrogen-bond acceptors (Lipinski definition) is 3. The van der Waals surface area contributed by atoms with Crippen LogP contribution in [0.15, 0.2) is 78.9 Å². The molecule has 4 rings (SSSR count). The van der Waals surface area contributed by atoms with Gasteiger partial charge in [0.25, 0.3) is 0 Å². The van der Waals surface area contributed by atoms with Gasteiger partial charge in [0, 0.05) is 6.42 Å². The minimum absolute atomic E-state index is 0.153. The summed E-state index contributed by atoms with van der Waals surface area (Å²) >= 11 is 0. The van der Waals surface area contributed by atoms with Gasteiger partial charge in [-0.05, 0) is 27.8 Å². The van der Waals surface area contributed by atoms with E-state index in [0.29, 0.717) is 6.42 Å². The molecule has 3 unspecified atom stereocenters. The van der Waals surface area contributed by atoms with Crippen LogP contribution in [0, 0.1) is 0 Å². The zero-order chi connectivity index (χ0) is 20.8. The molecule has 0 aliphatic carbocycles. The Bertz CT molecular complexity index is 989. The van der Waals surface area contributed by atoms with Gasteiger partial charge in [-0.2, -0.15) is 0 Å². The van der Waals surface area contributed by atoms with Gasteiger partial charge in [-0.1, -0.05) is 103 Å². The predicted octanol–water partition coefficient (Wildman–Crippen LogP) is 5.21. The fourth-order valence-electron chi connectivity index (χ4n) is 3.60. The molecule has 0 saturated carbocycles. The van der Waals surface area contributed by atoms with E-state index in [1.807, 2.05) is 42.5 Å². The Hall–Kier alpha value is -2.98. The summed E-state index contributed by atoms with van der Waals surface area (Å²) in [6.07, 6.45) is 7.67. The molecule has 0 bridgehead atoms. The van der Waals surface area contributed by atoms with Gasteiger partial charge in [-0.15, -0.1) is 0 Å². The molecule has 3 aromatic rings. The Balaban J connectivity index is 1.36. The van der Waals surface area contributed by atoms with Crippen molar-refractivity contribution >= 4 is 24.3 Å². The zero-order valence-corrected chi connectivity index (χ0v) is 16.8. The molecule has 3 heteroatoms. The van der Waals surface area contributed by atoms with Gasteiger partial charge >= 0.3 is 0 Å². The highest BCUT2D eigenvalue weighted by Gasteiger charge is 2.33. The lowest BCUT2D eigenvalue weighted by atomic mass is 10.0. The Kier molecular flexibility index (Phi) is 6.55. The molecule has 1 fully saturated rings. The van der Waals surface area contributed by atoms with Crippen molar-refractivity contribution in [2.24, 2.45) is 0 Å². The number of benzene rings is 3. The van der Waals surface area contributed by atoms with E-state index in [1.165, 1.54) is 11.1 Å². The van der Waals surface area contributed by atoms with Crippen LogP contribution in [-0.2, 0) is 4.74 Å². The largest absolute Gasteiger partial charge is 0.394 e. The van der Waals surface area contributed by atoms with Crippen molar-refractivity contribution in [3.63, 3.8) is 0 Å². The maximum absolute atomic E-state index is 9.90. The summed E-state index contributed by atoms with van der Waals surface area (Å²) in [6.45, 7) is -0.153. The van der Waals surface area contributed by atoms with Gasteiger partial charge in [0.2, 0.25) is 0 Å². The molecule has 3 aromatic carbocycles. The third kappa shape index (κ3) is 5.14. The van der Waals surface area contributed by atoms with Gasteiger partial charge in [0.05, 0.1) is 18.8 Å². The third-order valence-electron chi connectivity index (χ3n) is 5.38. The van der Waals surface area contributed by atoms with E-state index in [1.54, 1.807) is 0 Å². The van der Waals surface area contributed by atoms with Crippen LogP contribution in [-0.4, -0.2) is 29.0 Å². The van der Waals surface area contributed by atoms with Crippen LogP contribution in [0.2, 0.25) is 0 Å². The van der Waals surface area contributed by atoms with Crippen molar-refractivity contribution in [1.29, 1.82) is 0 Å². The second-order valence-corrected chi connectivity index (χ2v) is 7.56. The molecule has 152 valence electrons. The standard InChI is InChI=1S/C27H26O3/c28-19-27-25(29)18-26(30-27)24-16-14-23(15-17-24)13-12-22-10-8-21(9-11-22)7-6-20-4-2-1-3-5-20/h1-17,25-29H,18-19H2/b7-6+,13-12+. The smallest absolute Gasteiger partial charge is 0.107 e. The highest BCUT2D eigenvalue weighted by atomic mass is 16.5. The summed E-state index contributed by atoms with van der Waals surface area (Å²) in [7, 11) is 0. The highest BCUT2D eigenvalue weighted by Crippen LogP contribution is 2.33. The molecule has 3 atom stereocenters. The van der Waals surface area contributed by atoms with Crippen molar-refractivity contribution in [3.05, 3.63) is 107 Å². The van der Waals surface area contributed by atoms with Gasteiger partial charge in [0.1, 0.15) is 6.10 Å². The van der Waals surface area contributed by atoms with E-state index in [4.69, 9.17) is 4.74 Å². The van der Waals surface area contributed by atoms with E-state index in [2.05, 4.69) is 60.7 Å². The predicted molar refractivity (Wildman–Crippen MR) is 123 cm³/mol. The molecule has 2 N–H and O–H groups in total. The van der Waals surface area contributed by atoms with E-state index < -0.39 is 12.2 Å². The molecule has 3 nitrogen and oxygen atoms in total. The lowest BCUT2D eigenvalue weighted by molar-refractivity contribution is -0.0225. The minimum atomic E-state index is -0.606. The highest BCUT2D eigenvalue weighted by molar-refractivity contribution is 5.73. The Labute approximate surface area is 177 Å². The normalized spacial score (nSPS) is 21.6. The maximum atomic E-state index is 9.90. The fourth-order valence-corrected chi connectivity index (χ4v) is 3.60. The lowest BCUT2D eigenvalue weighted by Crippen LogP contribution is -2.24. The van der Waals surface area contributed by atoms with Gasteiger partial charge in [-0.25, -0.2) is 0 Å². The summed E-state index contributed by atoms with van der Waals surface area (Å²) < 4.78 is 5.71. The lowest BCUT2D eigenvalue weighted by Gasteiger charge is -2.12. The molecule has 1 heterocycles. The van der Waals surface area contributed by atoms with E-state index in [0.717, 1.165) is 16.7 Å². The maximum Gasteiger partial charge on any atom is 0.107 e. The van der Waals surface area contributed by atoms with E-state index in [-0.39, 0.29) is 12.7 Å². The summed E-state index contributed by atoms with van der Waals surface area (Å²) in [5.74, 6) is 0. The summed E-state index contributed by atoms with van der Waals surface area (Å²) in [4.78, 5) is 0. The minimum Gasteiger partial charge on any atom is -0.394 e. The van der Waals surface area contributed by atoms with E-state index >= 15 is 0 Å². The van der Waals surface area contributed by atoms with Crippen LogP contribution in [0.1, 0.15) is 40.3 Å². The van der Waals surface area contributed by atoms with Crippen molar-refractivity contribution in [2.75, 3.05) is 6.61 Å².